The molecule has 0 radical (unpaired) electrons. The standard InChI is InChI=1S/C13H26O2.C6H8O6/c1-2-3-4-5-6-7-8-9-10-11-12-13(14)15;7-1-2(8)5-3(9)4(10)6(11)12-5/h2-12H2,1H3,(H,14,15);2,5,7-10H,1H2/t;2-,5+/m.0/s1. The number of rotatable bonds is 13. The van der Waals surface area contributed by atoms with Gasteiger partial charge in [0.05, 0.1) is 6.61 Å². The fourth-order valence-corrected chi connectivity index (χ4v) is 2.59. The normalized spacial score (nSPS) is 17.3. The van der Waals surface area contributed by atoms with Crippen LogP contribution in [0.2, 0.25) is 0 Å². The zero-order chi connectivity index (χ0) is 20.7. The summed E-state index contributed by atoms with van der Waals surface area (Å²) in [7, 11) is 0. The van der Waals surface area contributed by atoms with Gasteiger partial charge in [0.25, 0.3) is 0 Å². The largest absolute Gasteiger partial charge is 0.505 e. The Kier molecular flexibility index (Phi) is 14.3. The predicted molar refractivity (Wildman–Crippen MR) is 99.4 cm³/mol. The number of aliphatic hydroxyl groups is 4. The van der Waals surface area contributed by atoms with Crippen molar-refractivity contribution in [2.24, 2.45) is 0 Å². The Labute approximate surface area is 160 Å². The van der Waals surface area contributed by atoms with E-state index in [0.29, 0.717) is 6.42 Å². The number of unbranched alkanes of at least 4 members (excludes halogenated alkanes) is 9. The second-order valence-electron chi connectivity index (χ2n) is 6.64. The maximum atomic E-state index is 10.5. The van der Waals surface area contributed by atoms with Gasteiger partial charge in [-0.3, -0.25) is 4.79 Å². The van der Waals surface area contributed by atoms with Crippen molar-refractivity contribution < 1.29 is 39.9 Å². The molecule has 0 aromatic rings. The van der Waals surface area contributed by atoms with Crippen LogP contribution in [-0.2, 0) is 14.3 Å². The van der Waals surface area contributed by atoms with Gasteiger partial charge in [0.15, 0.2) is 11.9 Å². The van der Waals surface area contributed by atoms with Crippen LogP contribution in [0.1, 0.15) is 77.6 Å². The third-order valence-electron chi connectivity index (χ3n) is 4.22. The molecular formula is C19H34O8. The zero-order valence-electron chi connectivity index (χ0n) is 16.1. The average molecular weight is 390 g/mol. The molecule has 8 nitrogen and oxygen atoms in total. The van der Waals surface area contributed by atoms with E-state index in [1.165, 1.54) is 51.4 Å². The third kappa shape index (κ3) is 11.5. The minimum Gasteiger partial charge on any atom is -0.505 e. The summed E-state index contributed by atoms with van der Waals surface area (Å²) in [5, 5.41) is 43.5. The average Bonchev–Trinajstić information content (AvgIpc) is 2.90. The van der Waals surface area contributed by atoms with E-state index in [1.807, 2.05) is 0 Å². The van der Waals surface area contributed by atoms with E-state index in [-0.39, 0.29) is 0 Å². The Morgan fingerprint density at radius 3 is 1.85 bits per heavy atom. The smallest absolute Gasteiger partial charge is 0.377 e. The zero-order valence-corrected chi connectivity index (χ0v) is 16.1. The van der Waals surface area contributed by atoms with E-state index in [4.69, 9.17) is 25.5 Å². The summed E-state index contributed by atoms with van der Waals surface area (Å²) in [6.45, 7) is 1.57. The molecule has 0 saturated heterocycles. The second kappa shape index (κ2) is 15.3. The lowest BCUT2D eigenvalue weighted by atomic mass is 10.1. The van der Waals surface area contributed by atoms with E-state index >= 15 is 0 Å². The monoisotopic (exact) mass is 390 g/mol. The van der Waals surface area contributed by atoms with Crippen LogP contribution < -0.4 is 0 Å². The molecule has 5 N–H and O–H groups in total. The maximum absolute atomic E-state index is 10.5. The molecule has 1 aliphatic rings. The highest BCUT2D eigenvalue weighted by atomic mass is 16.6. The molecule has 0 fully saturated rings. The summed E-state index contributed by atoms with van der Waals surface area (Å²) >= 11 is 0. The van der Waals surface area contributed by atoms with Crippen LogP contribution in [0.4, 0.5) is 0 Å². The number of hydrogen-bond acceptors (Lipinski definition) is 7. The summed E-state index contributed by atoms with van der Waals surface area (Å²) < 4.78 is 4.32. The van der Waals surface area contributed by atoms with Crippen molar-refractivity contribution >= 4 is 11.9 Å². The molecule has 0 unspecified atom stereocenters. The second-order valence-corrected chi connectivity index (χ2v) is 6.64. The van der Waals surface area contributed by atoms with Crippen LogP contribution in [0.15, 0.2) is 11.5 Å². The van der Waals surface area contributed by atoms with Crippen molar-refractivity contribution in [1.29, 1.82) is 0 Å². The van der Waals surface area contributed by atoms with Crippen molar-refractivity contribution in [1.82, 2.24) is 0 Å². The van der Waals surface area contributed by atoms with Crippen LogP contribution >= 0.6 is 0 Å². The van der Waals surface area contributed by atoms with E-state index in [1.54, 1.807) is 0 Å². The van der Waals surface area contributed by atoms with Gasteiger partial charge >= 0.3 is 11.9 Å². The van der Waals surface area contributed by atoms with Crippen molar-refractivity contribution in [3.8, 4) is 0 Å². The lowest BCUT2D eigenvalue weighted by molar-refractivity contribution is -0.147. The first-order valence-electron chi connectivity index (χ1n) is 9.68. The molecule has 0 saturated carbocycles. The molecule has 0 aliphatic carbocycles. The molecule has 1 heterocycles. The van der Waals surface area contributed by atoms with Gasteiger partial charge in [0.2, 0.25) is 5.76 Å². The number of esters is 1. The van der Waals surface area contributed by atoms with Gasteiger partial charge in [0.1, 0.15) is 6.10 Å². The quantitative estimate of drug-likeness (QED) is 0.238. The first kappa shape index (κ1) is 25.2. The highest BCUT2D eigenvalue weighted by Crippen LogP contribution is 2.20. The van der Waals surface area contributed by atoms with Gasteiger partial charge in [-0.25, -0.2) is 4.79 Å². The van der Waals surface area contributed by atoms with Gasteiger partial charge in [-0.1, -0.05) is 64.7 Å². The lowest BCUT2D eigenvalue weighted by Crippen LogP contribution is -2.31. The molecule has 8 heteroatoms. The van der Waals surface area contributed by atoms with Crippen molar-refractivity contribution in [3.63, 3.8) is 0 Å². The molecule has 0 bridgehead atoms. The fourth-order valence-electron chi connectivity index (χ4n) is 2.59. The molecule has 0 spiro atoms. The third-order valence-corrected chi connectivity index (χ3v) is 4.22. The SMILES string of the molecule is CCCCCCCCCCCCC(=O)O.O=C1O[C@H]([C@@H](O)CO)C(O)=C1O. The van der Waals surface area contributed by atoms with Gasteiger partial charge in [-0.2, -0.15) is 0 Å². The fraction of sp³-hybridized carbons (Fsp3) is 0.789. The number of cyclic esters (lactones) is 1. The molecule has 0 aromatic carbocycles. The number of carbonyl (C=O) groups is 2. The van der Waals surface area contributed by atoms with Crippen molar-refractivity contribution in [2.45, 2.75) is 89.8 Å². The Hall–Kier alpha value is -1.80. The number of carboxylic acids is 1. The van der Waals surface area contributed by atoms with Crippen LogP contribution in [-0.4, -0.2) is 56.3 Å². The van der Waals surface area contributed by atoms with Gasteiger partial charge in [0, 0.05) is 6.42 Å². The molecule has 1 rings (SSSR count). The van der Waals surface area contributed by atoms with E-state index in [2.05, 4.69) is 11.7 Å². The molecule has 27 heavy (non-hydrogen) atoms. The molecule has 0 aromatic heterocycles. The van der Waals surface area contributed by atoms with Crippen molar-refractivity contribution in [2.75, 3.05) is 6.61 Å². The van der Waals surface area contributed by atoms with Gasteiger partial charge in [-0.05, 0) is 6.42 Å². The van der Waals surface area contributed by atoms with Crippen LogP contribution in [0.25, 0.3) is 0 Å². The molecule has 1 aliphatic heterocycles. The summed E-state index contributed by atoms with van der Waals surface area (Å²) in [4.78, 5) is 20.8. The number of hydrogen-bond donors (Lipinski definition) is 5. The Morgan fingerprint density at radius 2 is 1.48 bits per heavy atom. The number of carbonyl (C=O) groups excluding carboxylic acids is 1. The highest BCUT2D eigenvalue weighted by Gasteiger charge is 2.38. The Balaban J connectivity index is 0.000000511. The Morgan fingerprint density at radius 1 is 1.00 bits per heavy atom. The molecule has 158 valence electrons. The molecular weight excluding hydrogens is 356 g/mol. The minimum atomic E-state index is -1.42. The lowest BCUT2D eigenvalue weighted by Gasteiger charge is -2.13. The van der Waals surface area contributed by atoms with Crippen LogP contribution in [0.3, 0.4) is 0 Å². The highest BCUT2D eigenvalue weighted by molar-refractivity contribution is 5.89. The molecule has 0 amide bonds. The first-order chi connectivity index (χ1) is 12.8. The van der Waals surface area contributed by atoms with Crippen LogP contribution in [0, 0.1) is 0 Å². The summed E-state index contributed by atoms with van der Waals surface area (Å²) in [6, 6.07) is 0. The van der Waals surface area contributed by atoms with Crippen LogP contribution in [0.5, 0.6) is 0 Å². The summed E-state index contributed by atoms with van der Waals surface area (Å²) in [5.41, 5.74) is 0. The maximum Gasteiger partial charge on any atom is 0.377 e. The summed E-state index contributed by atoms with van der Waals surface area (Å²) in [5.74, 6) is -3.44. The predicted octanol–water partition coefficient (Wildman–Crippen LogP) is 2.97. The van der Waals surface area contributed by atoms with Gasteiger partial charge < -0.3 is 30.3 Å². The van der Waals surface area contributed by atoms with E-state index < -0.39 is 42.3 Å². The number of aliphatic hydroxyl groups excluding tert-OH is 4. The number of aliphatic carboxylic acids is 1. The first-order valence-corrected chi connectivity index (χ1v) is 9.68. The minimum absolute atomic E-state index is 0.344. The topological polar surface area (TPSA) is 145 Å². The number of carboxylic acid groups (broad SMARTS) is 1. The van der Waals surface area contributed by atoms with Gasteiger partial charge in [-0.15, -0.1) is 0 Å². The van der Waals surface area contributed by atoms with E-state index in [9.17, 15) is 9.59 Å². The Bertz CT molecular complexity index is 461. The van der Waals surface area contributed by atoms with Crippen molar-refractivity contribution in [3.05, 3.63) is 11.5 Å². The van der Waals surface area contributed by atoms with E-state index in [0.717, 1.165) is 12.8 Å². The molecule has 2 atom stereocenters. The number of ether oxygens (including phenoxy) is 1. The summed E-state index contributed by atoms with van der Waals surface area (Å²) in [6.07, 6.45) is 10.1.